The summed E-state index contributed by atoms with van der Waals surface area (Å²) in [5.41, 5.74) is 1.09. The predicted molar refractivity (Wildman–Crippen MR) is 73.7 cm³/mol. The van der Waals surface area contributed by atoms with Crippen LogP contribution in [0.25, 0.3) is 0 Å². The number of aliphatic hydroxyl groups excluding tert-OH is 1. The Hall–Kier alpha value is -1.62. The monoisotopic (exact) mass is 268 g/mol. The SMILES string of the molecule is CCN(CCCCO)C(=O)Nc1ccc(F)c(C)c1. The fraction of sp³-hybridized carbons (Fsp3) is 0.500. The molecule has 1 aromatic carbocycles. The third-order valence-corrected chi connectivity index (χ3v) is 2.91. The van der Waals surface area contributed by atoms with E-state index in [2.05, 4.69) is 5.32 Å². The molecule has 0 bridgehead atoms. The van der Waals surface area contributed by atoms with Crippen LogP contribution in [-0.4, -0.2) is 35.7 Å². The number of anilines is 1. The van der Waals surface area contributed by atoms with Crippen LogP contribution in [0.5, 0.6) is 0 Å². The summed E-state index contributed by atoms with van der Waals surface area (Å²) in [5, 5.41) is 11.5. The molecule has 0 fully saturated rings. The van der Waals surface area contributed by atoms with Crippen molar-refractivity contribution in [3.63, 3.8) is 0 Å². The maximum absolute atomic E-state index is 13.1. The molecule has 0 radical (unpaired) electrons. The molecule has 5 heteroatoms. The molecule has 0 aliphatic rings. The van der Waals surface area contributed by atoms with E-state index in [1.54, 1.807) is 24.0 Å². The van der Waals surface area contributed by atoms with Gasteiger partial charge in [-0.15, -0.1) is 0 Å². The van der Waals surface area contributed by atoms with Gasteiger partial charge in [0.2, 0.25) is 0 Å². The van der Waals surface area contributed by atoms with Gasteiger partial charge in [-0.1, -0.05) is 0 Å². The average molecular weight is 268 g/mol. The van der Waals surface area contributed by atoms with Gasteiger partial charge < -0.3 is 15.3 Å². The van der Waals surface area contributed by atoms with E-state index in [1.165, 1.54) is 6.07 Å². The summed E-state index contributed by atoms with van der Waals surface area (Å²) in [5.74, 6) is -0.284. The normalized spacial score (nSPS) is 10.3. The first-order valence-electron chi connectivity index (χ1n) is 6.51. The highest BCUT2D eigenvalue weighted by Crippen LogP contribution is 2.14. The smallest absolute Gasteiger partial charge is 0.321 e. The van der Waals surface area contributed by atoms with E-state index in [-0.39, 0.29) is 18.5 Å². The van der Waals surface area contributed by atoms with E-state index in [0.29, 0.717) is 30.8 Å². The first-order chi connectivity index (χ1) is 9.08. The Morgan fingerprint density at radius 2 is 2.16 bits per heavy atom. The number of urea groups is 1. The summed E-state index contributed by atoms with van der Waals surface area (Å²) < 4.78 is 13.1. The minimum absolute atomic E-state index is 0.135. The number of carbonyl (C=O) groups is 1. The fourth-order valence-electron chi connectivity index (χ4n) is 1.74. The molecule has 0 aliphatic heterocycles. The Kier molecular flexibility index (Phi) is 6.29. The molecule has 1 rings (SSSR count). The lowest BCUT2D eigenvalue weighted by Crippen LogP contribution is -2.35. The summed E-state index contributed by atoms with van der Waals surface area (Å²) in [6.07, 6.45) is 1.44. The number of carbonyl (C=O) groups excluding carboxylic acids is 1. The maximum Gasteiger partial charge on any atom is 0.321 e. The molecule has 0 saturated carbocycles. The number of halogens is 1. The molecule has 0 aromatic heterocycles. The summed E-state index contributed by atoms with van der Waals surface area (Å²) in [4.78, 5) is 13.7. The van der Waals surface area contributed by atoms with Gasteiger partial charge in [-0.2, -0.15) is 0 Å². The fourth-order valence-corrected chi connectivity index (χ4v) is 1.74. The van der Waals surface area contributed by atoms with Crippen LogP contribution in [0.3, 0.4) is 0 Å². The van der Waals surface area contributed by atoms with Crippen molar-refractivity contribution in [3.8, 4) is 0 Å². The van der Waals surface area contributed by atoms with Crippen molar-refractivity contribution in [3.05, 3.63) is 29.6 Å². The largest absolute Gasteiger partial charge is 0.396 e. The average Bonchev–Trinajstić information content (AvgIpc) is 2.39. The zero-order chi connectivity index (χ0) is 14.3. The minimum atomic E-state index is -0.284. The van der Waals surface area contributed by atoms with E-state index >= 15 is 0 Å². The number of hydrogen-bond acceptors (Lipinski definition) is 2. The number of rotatable bonds is 6. The van der Waals surface area contributed by atoms with Gasteiger partial charge in [0.1, 0.15) is 5.82 Å². The van der Waals surface area contributed by atoms with Crippen LogP contribution in [0, 0.1) is 12.7 Å². The van der Waals surface area contributed by atoms with Crippen LogP contribution in [0.1, 0.15) is 25.3 Å². The molecule has 2 amide bonds. The standard InChI is InChI=1S/C14H21FN2O2/c1-3-17(8-4-5-9-18)14(19)16-12-6-7-13(15)11(2)10-12/h6-7,10,18H,3-5,8-9H2,1-2H3,(H,16,19). The van der Waals surface area contributed by atoms with E-state index in [1.807, 2.05) is 6.92 Å². The second-order valence-corrected chi connectivity index (χ2v) is 4.40. The third-order valence-electron chi connectivity index (χ3n) is 2.91. The first-order valence-corrected chi connectivity index (χ1v) is 6.51. The molecule has 19 heavy (non-hydrogen) atoms. The number of unbranched alkanes of at least 4 members (excludes halogenated alkanes) is 1. The lowest BCUT2D eigenvalue weighted by Gasteiger charge is -2.21. The second kappa shape index (κ2) is 7.74. The Bertz CT molecular complexity index is 424. The van der Waals surface area contributed by atoms with Crippen LogP contribution in [0.2, 0.25) is 0 Å². The van der Waals surface area contributed by atoms with Gasteiger partial charge >= 0.3 is 6.03 Å². The first kappa shape index (κ1) is 15.4. The van der Waals surface area contributed by atoms with Crippen LogP contribution in [0.4, 0.5) is 14.9 Å². The topological polar surface area (TPSA) is 52.6 Å². The molecular weight excluding hydrogens is 247 g/mol. The van der Waals surface area contributed by atoms with Gasteiger partial charge in [0, 0.05) is 25.4 Å². The molecule has 0 saturated heterocycles. The summed E-state index contributed by atoms with van der Waals surface area (Å²) >= 11 is 0. The van der Waals surface area contributed by atoms with Crippen molar-refractivity contribution in [1.29, 1.82) is 0 Å². The molecule has 1 aromatic rings. The molecule has 0 unspecified atom stereocenters. The van der Waals surface area contributed by atoms with Crippen molar-refractivity contribution in [2.24, 2.45) is 0 Å². The molecule has 0 aliphatic carbocycles. The van der Waals surface area contributed by atoms with Gasteiger partial charge in [0.25, 0.3) is 0 Å². The second-order valence-electron chi connectivity index (χ2n) is 4.40. The number of amides is 2. The number of aryl methyl sites for hydroxylation is 1. The molecule has 0 spiro atoms. The predicted octanol–water partition coefficient (Wildman–Crippen LogP) is 2.76. The van der Waals surface area contributed by atoms with E-state index in [4.69, 9.17) is 5.11 Å². The summed E-state index contributed by atoms with van der Waals surface area (Å²) in [6.45, 7) is 4.88. The van der Waals surface area contributed by atoms with Crippen molar-refractivity contribution < 1.29 is 14.3 Å². The van der Waals surface area contributed by atoms with Crippen LogP contribution in [0.15, 0.2) is 18.2 Å². The van der Waals surface area contributed by atoms with Gasteiger partial charge in [-0.3, -0.25) is 0 Å². The van der Waals surface area contributed by atoms with E-state index in [0.717, 1.165) is 6.42 Å². The quantitative estimate of drug-likeness (QED) is 0.779. The highest BCUT2D eigenvalue weighted by molar-refractivity contribution is 5.89. The van der Waals surface area contributed by atoms with Crippen molar-refractivity contribution in [2.45, 2.75) is 26.7 Å². The van der Waals surface area contributed by atoms with Crippen molar-refractivity contribution in [2.75, 3.05) is 25.0 Å². The molecule has 0 heterocycles. The summed E-state index contributed by atoms with van der Waals surface area (Å²) in [6, 6.07) is 4.29. The molecule has 106 valence electrons. The Balaban J connectivity index is 2.58. The maximum atomic E-state index is 13.1. The number of hydrogen-bond donors (Lipinski definition) is 2. The number of nitrogens with zero attached hydrogens (tertiary/aromatic N) is 1. The molecular formula is C14H21FN2O2. The zero-order valence-corrected chi connectivity index (χ0v) is 11.4. The Labute approximate surface area is 113 Å². The van der Waals surface area contributed by atoms with Crippen molar-refractivity contribution in [1.82, 2.24) is 4.90 Å². The highest BCUT2D eigenvalue weighted by Gasteiger charge is 2.11. The number of aliphatic hydroxyl groups is 1. The number of benzene rings is 1. The van der Waals surface area contributed by atoms with Gasteiger partial charge in [-0.25, -0.2) is 9.18 Å². The minimum Gasteiger partial charge on any atom is -0.396 e. The van der Waals surface area contributed by atoms with E-state index in [9.17, 15) is 9.18 Å². The van der Waals surface area contributed by atoms with E-state index < -0.39 is 0 Å². The zero-order valence-electron chi connectivity index (χ0n) is 11.4. The van der Waals surface area contributed by atoms with Crippen LogP contribution >= 0.6 is 0 Å². The lowest BCUT2D eigenvalue weighted by atomic mass is 10.2. The third kappa shape index (κ3) is 4.87. The Morgan fingerprint density at radius 1 is 1.42 bits per heavy atom. The van der Waals surface area contributed by atoms with Crippen molar-refractivity contribution >= 4 is 11.7 Å². The highest BCUT2D eigenvalue weighted by atomic mass is 19.1. The van der Waals surface area contributed by atoms with Gasteiger partial charge in [0.15, 0.2) is 0 Å². The molecule has 4 nitrogen and oxygen atoms in total. The van der Waals surface area contributed by atoms with Crippen LogP contribution < -0.4 is 5.32 Å². The molecule has 0 atom stereocenters. The molecule has 2 N–H and O–H groups in total. The van der Waals surface area contributed by atoms with Gasteiger partial charge in [-0.05, 0) is 50.5 Å². The number of nitrogens with one attached hydrogen (secondary N) is 1. The van der Waals surface area contributed by atoms with Gasteiger partial charge in [0.05, 0.1) is 0 Å². The lowest BCUT2D eigenvalue weighted by molar-refractivity contribution is 0.210. The van der Waals surface area contributed by atoms with Crippen LogP contribution in [-0.2, 0) is 0 Å². The Morgan fingerprint density at radius 3 is 2.74 bits per heavy atom. The summed E-state index contributed by atoms with van der Waals surface area (Å²) in [7, 11) is 0.